The van der Waals surface area contributed by atoms with Gasteiger partial charge >= 0.3 is 0 Å². The maximum Gasteiger partial charge on any atom is 0.255 e. The number of nitrogens with one attached hydrogen (secondary N) is 1. The molecule has 0 aliphatic carbocycles. The molecule has 0 saturated carbocycles. The molecule has 1 amide bonds. The number of ether oxygens (including phenoxy) is 1. The van der Waals surface area contributed by atoms with E-state index in [0.717, 1.165) is 5.56 Å². The number of carbonyl (C=O) groups is 1. The van der Waals surface area contributed by atoms with E-state index in [1.165, 1.54) is 6.07 Å². The van der Waals surface area contributed by atoms with Gasteiger partial charge < -0.3 is 19.6 Å². The van der Waals surface area contributed by atoms with Gasteiger partial charge in [0.1, 0.15) is 23.6 Å². The van der Waals surface area contributed by atoms with Gasteiger partial charge in [-0.25, -0.2) is 4.98 Å². The molecule has 5 aromatic rings. The highest BCUT2D eigenvalue weighted by Gasteiger charge is 2.14. The second-order valence-electron chi connectivity index (χ2n) is 7.47. The third-order valence-electron chi connectivity index (χ3n) is 5.14. The van der Waals surface area contributed by atoms with E-state index in [4.69, 9.17) is 9.15 Å². The van der Waals surface area contributed by atoms with Gasteiger partial charge in [0.15, 0.2) is 5.58 Å². The third kappa shape index (κ3) is 4.55. The molecule has 0 aliphatic rings. The summed E-state index contributed by atoms with van der Waals surface area (Å²) in [5.41, 5.74) is 3.80. The molecule has 6 nitrogen and oxygen atoms in total. The fraction of sp³-hybridized carbons (Fsp3) is 0.0370. The van der Waals surface area contributed by atoms with Crippen molar-refractivity contribution in [2.24, 2.45) is 0 Å². The number of amides is 1. The van der Waals surface area contributed by atoms with Crippen LogP contribution in [0.25, 0.3) is 22.6 Å². The molecule has 162 valence electrons. The van der Waals surface area contributed by atoms with Crippen molar-refractivity contribution >= 4 is 22.7 Å². The molecule has 4 aromatic carbocycles. The number of phenols is 1. The molecule has 2 N–H and O–H groups in total. The monoisotopic (exact) mass is 436 g/mol. The van der Waals surface area contributed by atoms with E-state index in [0.29, 0.717) is 46.2 Å². The summed E-state index contributed by atoms with van der Waals surface area (Å²) in [6.45, 7) is 0.456. The summed E-state index contributed by atoms with van der Waals surface area (Å²) in [6, 6.07) is 29.0. The van der Waals surface area contributed by atoms with Crippen molar-refractivity contribution in [2.75, 3.05) is 5.32 Å². The molecule has 1 aromatic heterocycles. The molecule has 1 heterocycles. The number of nitrogens with zero attached hydrogens (tertiary/aromatic N) is 1. The Balaban J connectivity index is 1.25. The highest BCUT2D eigenvalue weighted by molar-refractivity contribution is 6.04. The van der Waals surface area contributed by atoms with Crippen LogP contribution in [0.1, 0.15) is 15.9 Å². The van der Waals surface area contributed by atoms with Crippen LogP contribution in [0.2, 0.25) is 0 Å². The number of oxazole rings is 1. The molecule has 33 heavy (non-hydrogen) atoms. The highest BCUT2D eigenvalue weighted by Crippen LogP contribution is 2.33. The number of carbonyl (C=O) groups excluding carboxylic acids is 1. The average Bonchev–Trinajstić information content (AvgIpc) is 3.28. The van der Waals surface area contributed by atoms with Crippen molar-refractivity contribution in [1.82, 2.24) is 4.98 Å². The predicted molar refractivity (Wildman–Crippen MR) is 126 cm³/mol. The average molecular weight is 436 g/mol. The summed E-state index contributed by atoms with van der Waals surface area (Å²) in [6.07, 6.45) is 0. The zero-order chi connectivity index (χ0) is 22.6. The van der Waals surface area contributed by atoms with Gasteiger partial charge in [-0.1, -0.05) is 42.5 Å². The SMILES string of the molecule is O=C(Nc1ccc(-c2nc3ccccc3o2)c(O)c1)c1ccc(OCc2ccccc2)cc1. The summed E-state index contributed by atoms with van der Waals surface area (Å²) < 4.78 is 11.5. The minimum absolute atomic E-state index is 0.0379. The zero-order valence-electron chi connectivity index (χ0n) is 17.6. The molecule has 0 bridgehead atoms. The number of aromatic nitrogens is 1. The summed E-state index contributed by atoms with van der Waals surface area (Å²) >= 11 is 0. The van der Waals surface area contributed by atoms with Crippen molar-refractivity contribution in [1.29, 1.82) is 0 Å². The number of hydrogen-bond acceptors (Lipinski definition) is 5. The topological polar surface area (TPSA) is 84.6 Å². The van der Waals surface area contributed by atoms with Gasteiger partial charge in [-0.15, -0.1) is 0 Å². The number of phenolic OH excluding ortho intramolecular Hbond substituents is 1. The lowest BCUT2D eigenvalue weighted by Gasteiger charge is -2.09. The summed E-state index contributed by atoms with van der Waals surface area (Å²) in [7, 11) is 0. The summed E-state index contributed by atoms with van der Waals surface area (Å²) in [5.74, 6) is 0.663. The molecule has 0 fully saturated rings. The Morgan fingerprint density at radius 2 is 1.67 bits per heavy atom. The number of benzene rings is 4. The van der Waals surface area contributed by atoms with Crippen LogP contribution in [0.15, 0.2) is 101 Å². The maximum atomic E-state index is 12.6. The van der Waals surface area contributed by atoms with Crippen LogP contribution in [0, 0.1) is 0 Å². The first-order valence-corrected chi connectivity index (χ1v) is 10.4. The van der Waals surface area contributed by atoms with E-state index < -0.39 is 0 Å². The van der Waals surface area contributed by atoms with Gasteiger partial charge in [0, 0.05) is 17.3 Å². The zero-order valence-corrected chi connectivity index (χ0v) is 17.6. The molecule has 0 saturated heterocycles. The number of anilines is 1. The number of aromatic hydroxyl groups is 1. The predicted octanol–water partition coefficient (Wildman–Crippen LogP) is 6.03. The van der Waals surface area contributed by atoms with Gasteiger partial charge in [0.05, 0.1) is 5.56 Å². The minimum atomic E-state index is -0.293. The normalized spacial score (nSPS) is 10.8. The van der Waals surface area contributed by atoms with Gasteiger partial charge in [-0.3, -0.25) is 4.79 Å². The van der Waals surface area contributed by atoms with Crippen LogP contribution < -0.4 is 10.1 Å². The number of rotatable bonds is 6. The van der Waals surface area contributed by atoms with Gasteiger partial charge in [-0.05, 0) is 54.1 Å². The number of hydrogen-bond donors (Lipinski definition) is 2. The van der Waals surface area contributed by atoms with Crippen LogP contribution in [0.4, 0.5) is 5.69 Å². The van der Waals surface area contributed by atoms with Crippen molar-refractivity contribution < 1.29 is 19.1 Å². The van der Waals surface area contributed by atoms with Gasteiger partial charge in [0.2, 0.25) is 5.89 Å². The lowest BCUT2D eigenvalue weighted by Crippen LogP contribution is -2.11. The number of para-hydroxylation sites is 2. The molecule has 0 radical (unpaired) electrons. The number of fused-ring (bicyclic) bond motifs is 1. The largest absolute Gasteiger partial charge is 0.507 e. The van der Waals surface area contributed by atoms with Crippen molar-refractivity contribution in [2.45, 2.75) is 6.61 Å². The summed E-state index contributed by atoms with van der Waals surface area (Å²) in [5, 5.41) is 13.3. The second-order valence-corrected chi connectivity index (χ2v) is 7.47. The summed E-state index contributed by atoms with van der Waals surface area (Å²) in [4.78, 5) is 17.0. The first-order valence-electron chi connectivity index (χ1n) is 10.4. The lowest BCUT2D eigenvalue weighted by atomic mass is 10.1. The fourth-order valence-electron chi connectivity index (χ4n) is 3.42. The van der Waals surface area contributed by atoms with Crippen LogP contribution in [0.5, 0.6) is 11.5 Å². The molecule has 6 heteroatoms. The Bertz CT molecular complexity index is 1380. The van der Waals surface area contributed by atoms with Crippen molar-refractivity contribution in [3.05, 3.63) is 108 Å². The minimum Gasteiger partial charge on any atom is -0.507 e. The van der Waals surface area contributed by atoms with Crippen molar-refractivity contribution in [3.63, 3.8) is 0 Å². The Kier molecular flexibility index (Phi) is 5.47. The van der Waals surface area contributed by atoms with Crippen LogP contribution in [0.3, 0.4) is 0 Å². The van der Waals surface area contributed by atoms with Gasteiger partial charge in [0.25, 0.3) is 5.91 Å². The molecular weight excluding hydrogens is 416 g/mol. The molecule has 0 atom stereocenters. The third-order valence-corrected chi connectivity index (χ3v) is 5.14. The van der Waals surface area contributed by atoms with Gasteiger partial charge in [-0.2, -0.15) is 0 Å². The van der Waals surface area contributed by atoms with E-state index in [1.54, 1.807) is 36.4 Å². The molecular formula is C27H20N2O4. The van der Waals surface area contributed by atoms with Crippen LogP contribution in [-0.4, -0.2) is 16.0 Å². The highest BCUT2D eigenvalue weighted by atomic mass is 16.5. The second kappa shape index (κ2) is 8.88. The molecule has 0 spiro atoms. The van der Waals surface area contributed by atoms with Crippen molar-refractivity contribution in [3.8, 4) is 23.0 Å². The fourth-order valence-corrected chi connectivity index (χ4v) is 3.42. The Hall–Kier alpha value is -4.58. The Morgan fingerprint density at radius 1 is 0.909 bits per heavy atom. The first kappa shape index (κ1) is 20.3. The van der Waals surface area contributed by atoms with E-state index in [9.17, 15) is 9.90 Å². The van der Waals surface area contributed by atoms with Crippen LogP contribution >= 0.6 is 0 Å². The van der Waals surface area contributed by atoms with E-state index in [-0.39, 0.29) is 11.7 Å². The first-order chi connectivity index (χ1) is 16.2. The maximum absolute atomic E-state index is 12.6. The smallest absolute Gasteiger partial charge is 0.255 e. The lowest BCUT2D eigenvalue weighted by molar-refractivity contribution is 0.102. The molecule has 0 aliphatic heterocycles. The quantitative estimate of drug-likeness (QED) is 0.339. The van der Waals surface area contributed by atoms with E-state index in [2.05, 4.69) is 10.3 Å². The Labute approximate surface area is 190 Å². The standard InChI is InChI=1S/C27H20N2O4/c30-24-16-20(12-15-22(24)27-29-23-8-4-5-9-25(23)33-27)28-26(31)19-10-13-21(14-11-19)32-17-18-6-2-1-3-7-18/h1-16,30H,17H2,(H,28,31). The molecule has 5 rings (SSSR count). The van der Waals surface area contributed by atoms with Crippen LogP contribution in [-0.2, 0) is 6.61 Å². The van der Waals surface area contributed by atoms with E-state index in [1.807, 2.05) is 54.6 Å². The Morgan fingerprint density at radius 3 is 2.42 bits per heavy atom. The molecule has 0 unspecified atom stereocenters. The van der Waals surface area contributed by atoms with E-state index >= 15 is 0 Å².